The van der Waals surface area contributed by atoms with Gasteiger partial charge in [0.2, 0.25) is 10.0 Å². The van der Waals surface area contributed by atoms with Crippen molar-refractivity contribution < 1.29 is 18.1 Å². The van der Waals surface area contributed by atoms with Crippen molar-refractivity contribution in [3.8, 4) is 0 Å². The number of nitro groups is 1. The van der Waals surface area contributed by atoms with Crippen LogP contribution >= 0.6 is 0 Å². The van der Waals surface area contributed by atoms with E-state index >= 15 is 0 Å². The van der Waals surface area contributed by atoms with Crippen LogP contribution in [0.4, 0.5) is 5.69 Å². The average Bonchev–Trinajstić information content (AvgIpc) is 2.59. The second kappa shape index (κ2) is 7.95. The number of hydrogen-bond acceptors (Lipinski definition) is 6. The number of aromatic nitrogens is 1. The maximum Gasteiger partial charge on any atom is 0.269 e. The highest BCUT2D eigenvalue weighted by Crippen LogP contribution is 2.21. The van der Waals surface area contributed by atoms with E-state index in [1.807, 2.05) is 0 Å². The lowest BCUT2D eigenvalue weighted by atomic mass is 10.3. The van der Waals surface area contributed by atoms with Gasteiger partial charge >= 0.3 is 0 Å². The monoisotopic (exact) mass is 351 g/mol. The third-order valence-electron chi connectivity index (χ3n) is 3.31. The van der Waals surface area contributed by atoms with E-state index in [4.69, 9.17) is 4.74 Å². The predicted octanol–water partition coefficient (Wildman–Crippen LogP) is 1.83. The number of non-ortho nitro benzene ring substituents is 1. The van der Waals surface area contributed by atoms with E-state index in [0.717, 1.165) is 5.56 Å². The normalized spacial score (nSPS) is 11.6. The molecule has 1 aromatic heterocycles. The van der Waals surface area contributed by atoms with Crippen LogP contribution in [0, 0.1) is 10.1 Å². The molecule has 128 valence electrons. The minimum Gasteiger partial charge on any atom is -0.383 e. The molecule has 0 spiro atoms. The molecule has 2 rings (SSSR count). The van der Waals surface area contributed by atoms with Gasteiger partial charge in [-0.15, -0.1) is 0 Å². The second-order valence-electron chi connectivity index (χ2n) is 4.94. The third kappa shape index (κ3) is 4.34. The molecule has 0 aliphatic carbocycles. The van der Waals surface area contributed by atoms with Crippen molar-refractivity contribution in [2.24, 2.45) is 0 Å². The van der Waals surface area contributed by atoms with E-state index in [1.165, 1.54) is 35.7 Å². The van der Waals surface area contributed by atoms with Crippen LogP contribution in [-0.2, 0) is 21.3 Å². The Balaban J connectivity index is 2.30. The van der Waals surface area contributed by atoms with Crippen molar-refractivity contribution in [3.63, 3.8) is 0 Å². The summed E-state index contributed by atoms with van der Waals surface area (Å²) in [5.74, 6) is 0. The van der Waals surface area contributed by atoms with E-state index in [-0.39, 0.29) is 30.3 Å². The quantitative estimate of drug-likeness (QED) is 0.531. The first kappa shape index (κ1) is 18.0. The number of benzene rings is 1. The second-order valence-corrected chi connectivity index (χ2v) is 6.88. The smallest absolute Gasteiger partial charge is 0.269 e. The van der Waals surface area contributed by atoms with Crippen LogP contribution in [-0.4, -0.2) is 42.9 Å². The van der Waals surface area contributed by atoms with Gasteiger partial charge in [-0.05, 0) is 23.8 Å². The first-order chi connectivity index (χ1) is 11.4. The largest absolute Gasteiger partial charge is 0.383 e. The molecule has 2 aromatic rings. The van der Waals surface area contributed by atoms with Gasteiger partial charge in [-0.25, -0.2) is 8.42 Å². The summed E-state index contributed by atoms with van der Waals surface area (Å²) in [6, 6.07) is 8.31. The predicted molar refractivity (Wildman–Crippen MR) is 86.8 cm³/mol. The van der Waals surface area contributed by atoms with Crippen LogP contribution < -0.4 is 0 Å². The molecule has 0 saturated carbocycles. The molecule has 8 nitrogen and oxygen atoms in total. The van der Waals surface area contributed by atoms with Gasteiger partial charge in [-0.3, -0.25) is 15.1 Å². The fourth-order valence-corrected chi connectivity index (χ4v) is 3.47. The molecule has 0 saturated heterocycles. The Kier molecular flexibility index (Phi) is 5.96. The topological polar surface area (TPSA) is 103 Å². The zero-order valence-corrected chi connectivity index (χ0v) is 13.8. The highest BCUT2D eigenvalue weighted by molar-refractivity contribution is 7.89. The number of nitrogens with zero attached hydrogens (tertiary/aromatic N) is 3. The van der Waals surface area contributed by atoms with Crippen LogP contribution in [0.5, 0.6) is 0 Å². The van der Waals surface area contributed by atoms with Crippen LogP contribution in [0.3, 0.4) is 0 Å². The summed E-state index contributed by atoms with van der Waals surface area (Å²) in [5, 5.41) is 10.7. The van der Waals surface area contributed by atoms with E-state index in [2.05, 4.69) is 4.98 Å². The molecule has 1 aromatic carbocycles. The summed E-state index contributed by atoms with van der Waals surface area (Å²) in [5.41, 5.74) is 0.573. The molecule has 9 heteroatoms. The summed E-state index contributed by atoms with van der Waals surface area (Å²) in [6.07, 6.45) is 3.19. The summed E-state index contributed by atoms with van der Waals surface area (Å²) in [6.45, 7) is 0.522. The number of pyridine rings is 1. The van der Waals surface area contributed by atoms with Gasteiger partial charge in [0, 0.05) is 44.7 Å². The van der Waals surface area contributed by atoms with E-state index < -0.39 is 14.9 Å². The van der Waals surface area contributed by atoms with Crippen LogP contribution in [0.15, 0.2) is 53.7 Å². The Hall–Kier alpha value is -2.36. The summed E-state index contributed by atoms with van der Waals surface area (Å²) in [4.78, 5) is 14.1. The van der Waals surface area contributed by atoms with Gasteiger partial charge in [-0.2, -0.15) is 4.31 Å². The van der Waals surface area contributed by atoms with Crippen LogP contribution in [0.2, 0.25) is 0 Å². The first-order valence-electron chi connectivity index (χ1n) is 7.07. The van der Waals surface area contributed by atoms with Gasteiger partial charge in [-0.1, -0.05) is 6.07 Å². The van der Waals surface area contributed by atoms with Crippen LogP contribution in [0.1, 0.15) is 5.56 Å². The minimum absolute atomic E-state index is 0.00640. The van der Waals surface area contributed by atoms with Gasteiger partial charge in [0.15, 0.2) is 0 Å². The fourth-order valence-electron chi connectivity index (χ4n) is 2.06. The first-order valence-corrected chi connectivity index (χ1v) is 8.51. The lowest BCUT2D eigenvalue weighted by Crippen LogP contribution is -2.33. The lowest BCUT2D eigenvalue weighted by molar-refractivity contribution is -0.384. The van der Waals surface area contributed by atoms with Crippen molar-refractivity contribution in [1.82, 2.24) is 9.29 Å². The van der Waals surface area contributed by atoms with Crippen molar-refractivity contribution in [2.45, 2.75) is 11.4 Å². The number of rotatable bonds is 8. The molecule has 0 aliphatic heterocycles. The molecule has 0 bridgehead atoms. The summed E-state index contributed by atoms with van der Waals surface area (Å²) < 4.78 is 31.8. The Bertz CT molecular complexity index is 779. The van der Waals surface area contributed by atoms with Gasteiger partial charge in [0.1, 0.15) is 0 Å². The van der Waals surface area contributed by atoms with E-state index in [1.54, 1.807) is 24.5 Å². The summed E-state index contributed by atoms with van der Waals surface area (Å²) >= 11 is 0. The molecular weight excluding hydrogens is 334 g/mol. The van der Waals surface area contributed by atoms with Gasteiger partial charge < -0.3 is 4.74 Å². The van der Waals surface area contributed by atoms with Crippen LogP contribution in [0.25, 0.3) is 0 Å². The lowest BCUT2D eigenvalue weighted by Gasteiger charge is -2.21. The van der Waals surface area contributed by atoms with Crippen molar-refractivity contribution in [2.75, 3.05) is 20.3 Å². The van der Waals surface area contributed by atoms with Crippen molar-refractivity contribution in [1.29, 1.82) is 0 Å². The number of sulfonamides is 1. The Morgan fingerprint density at radius 1 is 1.25 bits per heavy atom. The third-order valence-corrected chi connectivity index (χ3v) is 5.17. The zero-order chi connectivity index (χ0) is 17.6. The number of nitro benzene ring substituents is 1. The minimum atomic E-state index is -3.81. The number of hydrogen-bond donors (Lipinski definition) is 0. The van der Waals surface area contributed by atoms with Crippen molar-refractivity contribution >= 4 is 15.7 Å². The molecule has 0 atom stereocenters. The maximum absolute atomic E-state index is 12.8. The molecule has 24 heavy (non-hydrogen) atoms. The van der Waals surface area contributed by atoms with E-state index in [0.29, 0.717) is 0 Å². The Morgan fingerprint density at radius 3 is 2.50 bits per heavy atom. The van der Waals surface area contributed by atoms with Gasteiger partial charge in [0.05, 0.1) is 16.4 Å². The average molecular weight is 351 g/mol. The Morgan fingerprint density at radius 2 is 1.96 bits per heavy atom. The molecule has 0 radical (unpaired) electrons. The Labute approximate surface area is 139 Å². The van der Waals surface area contributed by atoms with Gasteiger partial charge in [0.25, 0.3) is 5.69 Å². The molecule has 0 fully saturated rings. The van der Waals surface area contributed by atoms with E-state index in [9.17, 15) is 18.5 Å². The summed E-state index contributed by atoms with van der Waals surface area (Å²) in [7, 11) is -2.32. The number of methoxy groups -OCH3 is 1. The standard InChI is InChI=1S/C15H17N3O5S/c1-23-10-9-17(12-13-3-2-8-16-11-13)24(21,22)15-6-4-14(5-7-15)18(19)20/h2-8,11H,9-10,12H2,1H3. The molecule has 0 amide bonds. The highest BCUT2D eigenvalue weighted by atomic mass is 32.2. The molecule has 0 aliphatic rings. The molecule has 0 unspecified atom stereocenters. The van der Waals surface area contributed by atoms with Crippen molar-refractivity contribution in [3.05, 3.63) is 64.5 Å². The zero-order valence-electron chi connectivity index (χ0n) is 13.0. The highest BCUT2D eigenvalue weighted by Gasteiger charge is 2.25. The molecular formula is C15H17N3O5S. The molecule has 0 N–H and O–H groups in total. The fraction of sp³-hybridized carbons (Fsp3) is 0.267. The SMILES string of the molecule is COCCN(Cc1cccnc1)S(=O)(=O)c1ccc([N+](=O)[O-])cc1. The number of ether oxygens (including phenoxy) is 1. The maximum atomic E-state index is 12.8. The molecule has 1 heterocycles.